The highest BCUT2D eigenvalue weighted by Gasteiger charge is 2.41. The van der Waals surface area contributed by atoms with E-state index in [0.717, 1.165) is 38.7 Å². The number of guanidine groups is 1. The summed E-state index contributed by atoms with van der Waals surface area (Å²) < 4.78 is 5.84. The molecule has 3 heterocycles. The van der Waals surface area contributed by atoms with Crippen LogP contribution in [0.3, 0.4) is 0 Å². The first-order chi connectivity index (χ1) is 30.7. The van der Waals surface area contributed by atoms with Gasteiger partial charge in [-0.25, -0.2) is 4.79 Å². The second-order valence-electron chi connectivity index (χ2n) is 17.8. The number of alkyl carbamates (subject to hydrolysis) is 1. The van der Waals surface area contributed by atoms with Gasteiger partial charge in [0, 0.05) is 42.5 Å². The van der Waals surface area contributed by atoms with Crippen LogP contribution >= 0.6 is 0 Å². The molecule has 338 valence electrons. The van der Waals surface area contributed by atoms with Gasteiger partial charge >= 0.3 is 6.09 Å². The molecule has 4 aromatic rings. The van der Waals surface area contributed by atoms with Crippen molar-refractivity contribution in [2.45, 2.75) is 101 Å². The number of amides is 6. The van der Waals surface area contributed by atoms with E-state index >= 15 is 0 Å². The molecule has 17 nitrogen and oxygen atoms in total. The van der Waals surface area contributed by atoms with Crippen LogP contribution in [0.2, 0.25) is 0 Å². The predicted molar refractivity (Wildman–Crippen MR) is 241 cm³/mol. The highest BCUT2D eigenvalue weighted by molar-refractivity contribution is 5.97. The standard InChI is InChI=1S/C47H58N10O7/c1-47(2,26-52-45(49)50)23-38-42(60)53-35(40(48)58)18-9-10-19-36(56-46(63)64-25-33-31-15-5-3-13-29(31)30-14-4-6-16-32(30)33)44(62)57-21-11-20-39(57)43(61)54-37(41(59)55-38)22-27-24-51-34-17-8-7-12-28(27)34/h3-8,12-17,24,33,35-39,51H,9-11,18-23,25-26H2,1-2H3,(H2,48,58)(H,53,60)(H,54,61)(H,55,59)(H,56,63)(H4,49,50,52)/t35-,36-,37-,38-,39?/m0/s1. The van der Waals surface area contributed by atoms with Gasteiger partial charge in [-0.2, -0.15) is 0 Å². The number of fused-ring (bicyclic) bond motifs is 5. The van der Waals surface area contributed by atoms with Crippen LogP contribution in [0.4, 0.5) is 4.79 Å². The SMILES string of the molecule is CC(C)(CN=C(N)N)C[C@@H]1NC(=O)[C@H](Cc2c[nH]c3ccccc23)NC(=O)C2CCCN2C(=O)[C@@H](NC(=O)OCC2c3ccccc3-c3ccccc32)CCCC[C@@H](C(N)=O)NC1=O. The Morgan fingerprint density at radius 2 is 1.44 bits per heavy atom. The molecule has 11 N–H and O–H groups in total. The number of aliphatic imine (C=N–C) groups is 1. The lowest BCUT2D eigenvalue weighted by Crippen LogP contribution is -2.59. The van der Waals surface area contributed by atoms with Gasteiger partial charge in [0.05, 0.1) is 0 Å². The van der Waals surface area contributed by atoms with Crippen molar-refractivity contribution in [2.24, 2.45) is 27.6 Å². The molecule has 2 saturated heterocycles. The number of benzene rings is 3. The molecule has 64 heavy (non-hydrogen) atoms. The largest absolute Gasteiger partial charge is 0.449 e. The maximum Gasteiger partial charge on any atom is 0.407 e. The molecule has 0 saturated carbocycles. The van der Waals surface area contributed by atoms with Gasteiger partial charge in [0.25, 0.3) is 0 Å². The summed E-state index contributed by atoms with van der Waals surface area (Å²) in [7, 11) is 0. The summed E-state index contributed by atoms with van der Waals surface area (Å²) in [5, 5.41) is 12.1. The maximum atomic E-state index is 14.5. The van der Waals surface area contributed by atoms with Crippen molar-refractivity contribution in [1.82, 2.24) is 31.2 Å². The maximum absolute atomic E-state index is 14.5. The highest BCUT2D eigenvalue weighted by Crippen LogP contribution is 2.44. The molecule has 3 aliphatic rings. The summed E-state index contributed by atoms with van der Waals surface area (Å²) in [6.45, 7) is 4.06. The Kier molecular flexibility index (Phi) is 13.9. The molecular weight excluding hydrogens is 817 g/mol. The summed E-state index contributed by atoms with van der Waals surface area (Å²) >= 11 is 0. The summed E-state index contributed by atoms with van der Waals surface area (Å²) in [4.78, 5) is 92.8. The number of rotatable bonds is 10. The number of nitrogens with two attached hydrogens (primary N) is 3. The molecule has 1 aromatic heterocycles. The smallest absolute Gasteiger partial charge is 0.407 e. The summed E-state index contributed by atoms with van der Waals surface area (Å²) in [6, 6.07) is 17.9. The Balaban J connectivity index is 1.15. The summed E-state index contributed by atoms with van der Waals surface area (Å²) in [5.41, 5.74) is 22.1. The number of nitrogens with one attached hydrogen (secondary N) is 5. The lowest BCUT2D eigenvalue weighted by molar-refractivity contribution is -0.141. The van der Waals surface area contributed by atoms with E-state index in [-0.39, 0.29) is 57.3 Å². The van der Waals surface area contributed by atoms with Crippen molar-refractivity contribution in [2.75, 3.05) is 19.7 Å². The molecule has 1 unspecified atom stereocenters. The average molecular weight is 875 g/mol. The van der Waals surface area contributed by atoms with Gasteiger partial charge in [-0.15, -0.1) is 0 Å². The molecule has 17 heteroatoms. The van der Waals surface area contributed by atoms with E-state index in [0.29, 0.717) is 25.7 Å². The van der Waals surface area contributed by atoms with E-state index in [2.05, 4.69) is 31.2 Å². The second kappa shape index (κ2) is 19.6. The van der Waals surface area contributed by atoms with E-state index in [1.807, 2.05) is 86.6 Å². The summed E-state index contributed by atoms with van der Waals surface area (Å²) in [6.07, 6.45) is 2.79. The van der Waals surface area contributed by atoms with E-state index in [1.54, 1.807) is 6.20 Å². The van der Waals surface area contributed by atoms with Crippen LogP contribution in [0.1, 0.15) is 81.4 Å². The van der Waals surface area contributed by atoms with E-state index in [9.17, 15) is 28.8 Å². The van der Waals surface area contributed by atoms with Crippen LogP contribution < -0.4 is 38.5 Å². The van der Waals surface area contributed by atoms with Crippen molar-refractivity contribution in [3.63, 3.8) is 0 Å². The number of carbonyl (C=O) groups is 6. The number of para-hydroxylation sites is 1. The molecule has 0 spiro atoms. The lowest BCUT2D eigenvalue weighted by atomic mass is 9.85. The van der Waals surface area contributed by atoms with Crippen molar-refractivity contribution < 1.29 is 33.5 Å². The fraction of sp³-hybridized carbons (Fsp3) is 0.426. The Morgan fingerprint density at radius 1 is 0.797 bits per heavy atom. The van der Waals surface area contributed by atoms with Gasteiger partial charge in [0.15, 0.2) is 5.96 Å². The minimum atomic E-state index is -1.21. The van der Waals surface area contributed by atoms with Crippen molar-refractivity contribution >= 4 is 52.5 Å². The van der Waals surface area contributed by atoms with Crippen LogP contribution in [0.5, 0.6) is 0 Å². The number of nitrogens with zero attached hydrogens (tertiary/aromatic N) is 2. The van der Waals surface area contributed by atoms with Gasteiger partial charge in [-0.1, -0.05) is 93.4 Å². The number of hydrogen-bond acceptors (Lipinski definition) is 8. The van der Waals surface area contributed by atoms with E-state index in [4.69, 9.17) is 21.9 Å². The van der Waals surface area contributed by atoms with Crippen LogP contribution in [0, 0.1) is 5.41 Å². The van der Waals surface area contributed by atoms with Gasteiger partial charge in [0.1, 0.15) is 36.8 Å². The zero-order valence-corrected chi connectivity index (χ0v) is 36.2. The quantitative estimate of drug-likeness (QED) is 0.0859. The number of aromatic amines is 1. The zero-order valence-electron chi connectivity index (χ0n) is 36.2. The van der Waals surface area contributed by atoms with E-state index < -0.39 is 71.3 Å². The minimum absolute atomic E-state index is 0.0296. The lowest BCUT2D eigenvalue weighted by Gasteiger charge is -2.31. The monoisotopic (exact) mass is 874 g/mol. The Labute approximate surface area is 371 Å². The fourth-order valence-electron chi connectivity index (χ4n) is 9.20. The highest BCUT2D eigenvalue weighted by atomic mass is 16.5. The summed E-state index contributed by atoms with van der Waals surface area (Å²) in [5.74, 6) is -3.49. The molecule has 0 bridgehead atoms. The minimum Gasteiger partial charge on any atom is -0.449 e. The van der Waals surface area contributed by atoms with Crippen molar-refractivity contribution in [1.29, 1.82) is 0 Å². The third kappa shape index (κ3) is 10.5. The topological polar surface area (TPSA) is 269 Å². The molecular formula is C47H58N10O7. The molecule has 3 aromatic carbocycles. The van der Waals surface area contributed by atoms with Gasteiger partial charge < -0.3 is 53.1 Å². The molecule has 1 aliphatic carbocycles. The van der Waals surface area contributed by atoms with Gasteiger partial charge in [-0.05, 0) is 71.4 Å². The molecule has 5 atom stereocenters. The second-order valence-corrected chi connectivity index (χ2v) is 17.8. The first-order valence-electron chi connectivity index (χ1n) is 21.9. The van der Waals surface area contributed by atoms with Crippen LogP contribution in [-0.4, -0.2) is 101 Å². The molecule has 0 radical (unpaired) electrons. The van der Waals surface area contributed by atoms with Gasteiger partial charge in [0.2, 0.25) is 29.5 Å². The van der Waals surface area contributed by atoms with Gasteiger partial charge in [-0.3, -0.25) is 29.0 Å². The third-order valence-electron chi connectivity index (χ3n) is 12.5. The fourth-order valence-corrected chi connectivity index (χ4v) is 9.20. The number of ether oxygens (including phenoxy) is 1. The molecule has 2 fully saturated rings. The molecule has 7 rings (SSSR count). The van der Waals surface area contributed by atoms with Crippen LogP contribution in [0.15, 0.2) is 84.0 Å². The van der Waals surface area contributed by atoms with Crippen LogP contribution in [-0.2, 0) is 35.1 Å². The zero-order chi connectivity index (χ0) is 45.5. The van der Waals surface area contributed by atoms with Crippen LogP contribution in [0.25, 0.3) is 22.0 Å². The first-order valence-corrected chi connectivity index (χ1v) is 21.9. The third-order valence-corrected chi connectivity index (χ3v) is 12.5. The Bertz CT molecular complexity index is 2380. The van der Waals surface area contributed by atoms with E-state index in [1.165, 1.54) is 4.90 Å². The van der Waals surface area contributed by atoms with Crippen molar-refractivity contribution in [3.8, 4) is 11.1 Å². The number of carbonyl (C=O) groups excluding carboxylic acids is 6. The Morgan fingerprint density at radius 3 is 2.14 bits per heavy atom. The number of H-pyrrole nitrogens is 1. The molecule has 6 amide bonds. The average Bonchev–Trinajstić information content (AvgIpc) is 4.01. The Hall–Kier alpha value is -6.91. The number of aromatic nitrogens is 1. The number of primary amides is 1. The molecule has 2 aliphatic heterocycles. The normalized spacial score (nSPS) is 22.3. The first kappa shape index (κ1) is 45.1. The predicted octanol–water partition coefficient (Wildman–Crippen LogP) is 2.81. The number of hydrogen-bond donors (Lipinski definition) is 8. The van der Waals surface area contributed by atoms with Crippen molar-refractivity contribution in [3.05, 3.63) is 95.7 Å².